The summed E-state index contributed by atoms with van der Waals surface area (Å²) in [5.41, 5.74) is 1.02. The lowest BCUT2D eigenvalue weighted by atomic mass is 10.2. The largest absolute Gasteiger partial charge is 0.362 e. The fraction of sp³-hybridized carbons (Fsp3) is 0.533. The van der Waals surface area contributed by atoms with Crippen molar-refractivity contribution in [2.45, 2.75) is 25.9 Å². The van der Waals surface area contributed by atoms with Crippen LogP contribution >= 0.6 is 44.3 Å². The Morgan fingerprint density at radius 3 is 2.22 bits per heavy atom. The Morgan fingerprint density at radius 1 is 1.13 bits per heavy atom. The van der Waals surface area contributed by atoms with E-state index in [1.54, 1.807) is 0 Å². The number of anilines is 1. The Balaban J connectivity index is 1.83. The van der Waals surface area contributed by atoms with Crippen LogP contribution in [0.3, 0.4) is 0 Å². The Bertz CT molecular complexity index is 489. The minimum absolute atomic E-state index is 0.298. The third-order valence-electron chi connectivity index (χ3n) is 3.85. The summed E-state index contributed by atoms with van der Waals surface area (Å²) in [4.78, 5) is 0. The van der Waals surface area contributed by atoms with E-state index in [0.29, 0.717) is 17.2 Å². The van der Waals surface area contributed by atoms with Crippen molar-refractivity contribution in [3.63, 3.8) is 0 Å². The van der Waals surface area contributed by atoms with E-state index in [1.807, 2.05) is 54.2 Å². The van der Waals surface area contributed by atoms with Crippen LogP contribution in [0.15, 0.2) is 30.3 Å². The van der Waals surface area contributed by atoms with Crippen molar-refractivity contribution in [3.8, 4) is 0 Å². The lowest BCUT2D eigenvalue weighted by Crippen LogP contribution is -2.31. The average molecular weight is 389 g/mol. The molecule has 0 unspecified atom stereocenters. The predicted molar refractivity (Wildman–Crippen MR) is 112 cm³/mol. The van der Waals surface area contributed by atoms with Crippen molar-refractivity contribution in [2.24, 2.45) is 0 Å². The van der Waals surface area contributed by atoms with E-state index in [4.69, 9.17) is 12.2 Å². The van der Waals surface area contributed by atoms with Gasteiger partial charge in [0.15, 0.2) is 5.11 Å². The summed E-state index contributed by atoms with van der Waals surface area (Å²) in [6.45, 7) is 5.53. The average Bonchev–Trinajstić information content (AvgIpc) is 2.78. The van der Waals surface area contributed by atoms with Gasteiger partial charge in [0, 0.05) is 30.5 Å². The van der Waals surface area contributed by atoms with E-state index in [9.17, 15) is 0 Å². The highest BCUT2D eigenvalue weighted by Gasteiger charge is 2.42. The van der Waals surface area contributed by atoms with Crippen LogP contribution < -0.4 is 10.6 Å². The lowest BCUT2D eigenvalue weighted by Gasteiger charge is -2.28. The summed E-state index contributed by atoms with van der Waals surface area (Å²) in [7, 11) is -0.298. The molecule has 1 aromatic rings. The summed E-state index contributed by atoms with van der Waals surface area (Å²) in [6, 6.07) is 11.2. The van der Waals surface area contributed by atoms with Crippen LogP contribution in [0.5, 0.6) is 0 Å². The van der Waals surface area contributed by atoms with Gasteiger partial charge in [-0.15, -0.1) is 0 Å². The third-order valence-corrected chi connectivity index (χ3v) is 9.89. The first-order valence-corrected chi connectivity index (χ1v) is 11.8. The lowest BCUT2D eigenvalue weighted by molar-refractivity contribution is 0.444. The summed E-state index contributed by atoms with van der Waals surface area (Å²) in [5.74, 6) is 0. The topological polar surface area (TPSA) is 30.5 Å². The Labute approximate surface area is 155 Å². The van der Waals surface area contributed by atoms with E-state index < -0.39 is 0 Å². The number of nitrogens with zero attached hydrogens (tertiary/aromatic N) is 2. The highest BCUT2D eigenvalue weighted by atomic mass is 32.2. The van der Waals surface area contributed by atoms with Crippen LogP contribution in [0, 0.1) is 0 Å². The summed E-state index contributed by atoms with van der Waals surface area (Å²) < 4.78 is 5.12. The number of benzene rings is 1. The van der Waals surface area contributed by atoms with Crippen LogP contribution in [0.4, 0.5) is 5.69 Å². The van der Waals surface area contributed by atoms with Gasteiger partial charge in [0.25, 0.3) is 0 Å². The van der Waals surface area contributed by atoms with Gasteiger partial charge in [0.1, 0.15) is 0 Å². The molecule has 1 heterocycles. The van der Waals surface area contributed by atoms with Gasteiger partial charge in [-0.2, -0.15) is 0 Å². The number of hydrogen-bond acceptors (Lipinski definition) is 5. The fourth-order valence-electron chi connectivity index (χ4n) is 2.56. The molecule has 2 N–H and O–H groups in total. The molecule has 1 aliphatic rings. The molecule has 1 aromatic carbocycles. The van der Waals surface area contributed by atoms with Gasteiger partial charge in [-0.05, 0) is 50.7 Å². The summed E-state index contributed by atoms with van der Waals surface area (Å²) in [5, 5.41) is 7.26. The molecule has 8 heteroatoms. The molecule has 2 atom stereocenters. The second-order valence-electron chi connectivity index (χ2n) is 5.29. The fourth-order valence-corrected chi connectivity index (χ4v) is 8.51. The maximum Gasteiger partial charge on any atom is 0.170 e. The molecule has 0 radical (unpaired) electrons. The maximum absolute atomic E-state index is 5.39. The predicted octanol–water partition coefficient (Wildman–Crippen LogP) is 4.24. The van der Waals surface area contributed by atoms with Gasteiger partial charge >= 0.3 is 0 Å². The van der Waals surface area contributed by atoms with E-state index >= 15 is 0 Å². The van der Waals surface area contributed by atoms with E-state index in [-0.39, 0.29) is 8.22 Å². The van der Waals surface area contributed by atoms with Gasteiger partial charge in [-0.3, -0.25) is 0 Å². The highest BCUT2D eigenvalue weighted by molar-refractivity contribution is 8.05. The minimum atomic E-state index is -0.298. The van der Waals surface area contributed by atoms with Crippen LogP contribution in [0.25, 0.3) is 0 Å². The van der Waals surface area contributed by atoms with Crippen LogP contribution in [-0.4, -0.2) is 50.6 Å². The molecule has 0 bridgehead atoms. The standard InChI is InChI=1S/C15H25N4PS3/c1-12-13(2)19(23-4)20(18(12)22-3)11-10-16-15(21)17-14-8-6-5-7-9-14/h5-9,12-13H,10-11H2,1-4H3,(H2,16,17,21)/t12-,13-/m1/s1. The Kier molecular flexibility index (Phi) is 7.92. The molecule has 0 spiro atoms. The molecule has 2 rings (SSSR count). The molecule has 128 valence electrons. The molecule has 0 aromatic heterocycles. The van der Waals surface area contributed by atoms with Crippen LogP contribution in [0.2, 0.25) is 0 Å². The van der Waals surface area contributed by atoms with Crippen LogP contribution in [-0.2, 0) is 0 Å². The van der Waals surface area contributed by atoms with Crippen LogP contribution in [0.1, 0.15) is 13.8 Å². The second kappa shape index (κ2) is 9.44. The molecule has 23 heavy (non-hydrogen) atoms. The highest BCUT2D eigenvalue weighted by Crippen LogP contribution is 2.59. The molecule has 0 amide bonds. The smallest absolute Gasteiger partial charge is 0.170 e. The first-order valence-electron chi connectivity index (χ1n) is 7.62. The van der Waals surface area contributed by atoms with Gasteiger partial charge in [0.05, 0.1) is 8.22 Å². The van der Waals surface area contributed by atoms with Gasteiger partial charge in [-0.1, -0.05) is 42.1 Å². The van der Waals surface area contributed by atoms with E-state index in [1.165, 1.54) is 0 Å². The molecular weight excluding hydrogens is 363 g/mol. The summed E-state index contributed by atoms with van der Waals surface area (Å²) >= 11 is 9.11. The molecule has 1 saturated heterocycles. The zero-order valence-electron chi connectivity index (χ0n) is 14.0. The van der Waals surface area contributed by atoms with Crippen molar-refractivity contribution in [1.29, 1.82) is 0 Å². The zero-order chi connectivity index (χ0) is 16.8. The molecule has 1 aliphatic heterocycles. The number of nitrogens with one attached hydrogen (secondary N) is 2. The monoisotopic (exact) mass is 388 g/mol. The Hall–Kier alpha value is -0.0400. The van der Waals surface area contributed by atoms with Crippen molar-refractivity contribution in [1.82, 2.24) is 13.5 Å². The first-order chi connectivity index (χ1) is 11.1. The van der Waals surface area contributed by atoms with Crippen molar-refractivity contribution in [3.05, 3.63) is 30.3 Å². The maximum atomic E-state index is 5.39. The molecule has 1 fully saturated rings. The van der Waals surface area contributed by atoms with Gasteiger partial charge < -0.3 is 10.6 Å². The van der Waals surface area contributed by atoms with Crippen molar-refractivity contribution >= 4 is 55.1 Å². The second-order valence-corrected chi connectivity index (χ2v) is 9.81. The molecule has 0 saturated carbocycles. The van der Waals surface area contributed by atoms with E-state index in [2.05, 4.69) is 45.1 Å². The number of rotatable bonds is 6. The molecule has 0 aliphatic carbocycles. The number of hydrogen-bond donors (Lipinski definition) is 2. The molecule has 4 nitrogen and oxygen atoms in total. The van der Waals surface area contributed by atoms with Crippen molar-refractivity contribution in [2.75, 3.05) is 30.5 Å². The quantitative estimate of drug-likeness (QED) is 0.428. The van der Waals surface area contributed by atoms with Gasteiger partial charge in [-0.25, -0.2) is 8.15 Å². The summed E-state index contributed by atoms with van der Waals surface area (Å²) in [6.07, 6.45) is 5.46. The van der Waals surface area contributed by atoms with Crippen molar-refractivity contribution < 1.29 is 0 Å². The first kappa shape index (κ1) is 19.3. The zero-order valence-corrected chi connectivity index (χ0v) is 17.4. The number of para-hydroxylation sites is 1. The number of thiocarbonyl (C=S) groups is 1. The molecular formula is C15H25N4PS3. The Morgan fingerprint density at radius 2 is 1.70 bits per heavy atom. The van der Waals surface area contributed by atoms with Gasteiger partial charge in [0.2, 0.25) is 0 Å². The normalized spacial score (nSPS) is 23.1. The van der Waals surface area contributed by atoms with E-state index in [0.717, 1.165) is 18.4 Å². The third kappa shape index (κ3) is 4.97. The SMILES string of the molecule is CSN1[C@H](C)[C@@H](C)N(SC)P1CCNC(=S)Nc1ccccc1. The minimum Gasteiger partial charge on any atom is -0.362 e.